The summed E-state index contributed by atoms with van der Waals surface area (Å²) in [7, 11) is 0. The molecule has 18 heavy (non-hydrogen) atoms. The highest BCUT2D eigenvalue weighted by atomic mass is 16.3. The lowest BCUT2D eigenvalue weighted by molar-refractivity contribution is 0.105. The van der Waals surface area contributed by atoms with Gasteiger partial charge in [-0.05, 0) is 38.5 Å². The number of aromatic nitrogens is 3. The molecule has 3 atom stereocenters. The van der Waals surface area contributed by atoms with Gasteiger partial charge >= 0.3 is 0 Å². The Morgan fingerprint density at radius 1 is 1.44 bits per heavy atom. The molecule has 1 aromatic rings. The Morgan fingerprint density at radius 2 is 2.22 bits per heavy atom. The van der Waals surface area contributed by atoms with E-state index in [4.69, 9.17) is 0 Å². The Morgan fingerprint density at radius 3 is 2.83 bits per heavy atom. The summed E-state index contributed by atoms with van der Waals surface area (Å²) >= 11 is 0. The van der Waals surface area contributed by atoms with Crippen LogP contribution >= 0.6 is 0 Å². The predicted octanol–water partition coefficient (Wildman–Crippen LogP) is 2.59. The van der Waals surface area contributed by atoms with Crippen LogP contribution in [0, 0.1) is 11.8 Å². The first-order valence-electron chi connectivity index (χ1n) is 7.18. The van der Waals surface area contributed by atoms with Crippen LogP contribution in [0.5, 0.6) is 0 Å². The van der Waals surface area contributed by atoms with E-state index < -0.39 is 0 Å². The van der Waals surface area contributed by atoms with Gasteiger partial charge in [-0.3, -0.25) is 0 Å². The van der Waals surface area contributed by atoms with Gasteiger partial charge in [0.15, 0.2) is 0 Å². The average Bonchev–Trinajstić information content (AvgIpc) is 2.96. The van der Waals surface area contributed by atoms with E-state index in [0.717, 1.165) is 18.2 Å². The molecule has 1 N–H and O–H groups in total. The third-order valence-electron chi connectivity index (χ3n) is 4.23. The molecule has 1 heterocycles. The SMILES string of the molecule is CCC1CCC(C(O)Cc2ncnn2C(C)C)C1. The third kappa shape index (κ3) is 2.91. The van der Waals surface area contributed by atoms with Crippen molar-refractivity contribution in [3.05, 3.63) is 12.2 Å². The van der Waals surface area contributed by atoms with Crippen molar-refractivity contribution >= 4 is 0 Å². The molecule has 1 fully saturated rings. The predicted molar refractivity (Wildman–Crippen MR) is 71.2 cm³/mol. The van der Waals surface area contributed by atoms with Crippen LogP contribution in [-0.2, 0) is 6.42 Å². The fourth-order valence-corrected chi connectivity index (χ4v) is 3.04. The first-order chi connectivity index (χ1) is 8.61. The molecule has 1 aliphatic carbocycles. The third-order valence-corrected chi connectivity index (χ3v) is 4.23. The number of aliphatic hydroxyl groups is 1. The minimum atomic E-state index is -0.261. The van der Waals surface area contributed by atoms with Crippen LogP contribution in [-0.4, -0.2) is 26.0 Å². The van der Waals surface area contributed by atoms with E-state index in [0.29, 0.717) is 18.4 Å². The molecule has 1 aliphatic rings. The number of hydrogen-bond donors (Lipinski definition) is 1. The summed E-state index contributed by atoms with van der Waals surface area (Å²) in [5, 5.41) is 14.6. The maximum Gasteiger partial charge on any atom is 0.138 e. The van der Waals surface area contributed by atoms with Crippen LogP contribution < -0.4 is 0 Å². The molecule has 0 bridgehead atoms. The normalized spacial score (nSPS) is 25.8. The molecule has 0 saturated heterocycles. The van der Waals surface area contributed by atoms with Gasteiger partial charge in [0, 0.05) is 12.5 Å². The minimum absolute atomic E-state index is 0.261. The number of hydrogen-bond acceptors (Lipinski definition) is 3. The lowest BCUT2D eigenvalue weighted by Gasteiger charge is -2.19. The molecule has 1 saturated carbocycles. The quantitative estimate of drug-likeness (QED) is 0.875. The van der Waals surface area contributed by atoms with E-state index in [1.165, 1.54) is 19.3 Å². The maximum atomic E-state index is 10.4. The fourth-order valence-electron chi connectivity index (χ4n) is 3.04. The van der Waals surface area contributed by atoms with Crippen molar-refractivity contribution < 1.29 is 5.11 Å². The molecule has 102 valence electrons. The first kappa shape index (κ1) is 13.5. The van der Waals surface area contributed by atoms with Crippen molar-refractivity contribution in [2.45, 2.75) is 65.0 Å². The van der Waals surface area contributed by atoms with E-state index in [9.17, 15) is 5.11 Å². The molecule has 4 heteroatoms. The van der Waals surface area contributed by atoms with Gasteiger partial charge in [-0.2, -0.15) is 5.10 Å². The van der Waals surface area contributed by atoms with Gasteiger partial charge in [0.05, 0.1) is 6.10 Å². The van der Waals surface area contributed by atoms with Gasteiger partial charge in [0.1, 0.15) is 12.2 Å². The van der Waals surface area contributed by atoms with Crippen molar-refractivity contribution in [1.82, 2.24) is 14.8 Å². The Hall–Kier alpha value is -0.900. The Balaban J connectivity index is 1.95. The van der Waals surface area contributed by atoms with Crippen LogP contribution in [0.2, 0.25) is 0 Å². The molecule has 0 amide bonds. The zero-order valence-corrected chi connectivity index (χ0v) is 11.7. The average molecular weight is 251 g/mol. The van der Waals surface area contributed by atoms with E-state index in [1.54, 1.807) is 6.33 Å². The Labute approximate surface area is 109 Å². The molecule has 0 aromatic carbocycles. The molecule has 0 spiro atoms. The lowest BCUT2D eigenvalue weighted by Crippen LogP contribution is -2.23. The zero-order chi connectivity index (χ0) is 13.1. The minimum Gasteiger partial charge on any atom is -0.392 e. The van der Waals surface area contributed by atoms with Gasteiger partial charge in [-0.1, -0.05) is 19.8 Å². The summed E-state index contributed by atoms with van der Waals surface area (Å²) in [6, 6.07) is 0.307. The number of aliphatic hydroxyl groups excluding tert-OH is 1. The van der Waals surface area contributed by atoms with Crippen molar-refractivity contribution in [3.63, 3.8) is 0 Å². The van der Waals surface area contributed by atoms with Crippen molar-refractivity contribution in [1.29, 1.82) is 0 Å². The van der Waals surface area contributed by atoms with E-state index in [1.807, 2.05) is 4.68 Å². The molecular weight excluding hydrogens is 226 g/mol. The first-order valence-corrected chi connectivity index (χ1v) is 7.18. The van der Waals surface area contributed by atoms with Crippen LogP contribution in [0.4, 0.5) is 0 Å². The van der Waals surface area contributed by atoms with Gasteiger partial charge < -0.3 is 5.11 Å². The zero-order valence-electron chi connectivity index (χ0n) is 11.7. The van der Waals surface area contributed by atoms with Gasteiger partial charge in [-0.25, -0.2) is 9.67 Å². The second-order valence-corrected chi connectivity index (χ2v) is 5.83. The number of rotatable bonds is 5. The van der Waals surface area contributed by atoms with E-state index >= 15 is 0 Å². The molecule has 4 nitrogen and oxygen atoms in total. The highest BCUT2D eigenvalue weighted by molar-refractivity contribution is 4.92. The number of nitrogens with zero attached hydrogens (tertiary/aromatic N) is 3. The van der Waals surface area contributed by atoms with E-state index in [-0.39, 0.29) is 6.10 Å². The molecule has 1 aromatic heterocycles. The highest BCUT2D eigenvalue weighted by Crippen LogP contribution is 2.35. The summed E-state index contributed by atoms with van der Waals surface area (Å²) in [5.41, 5.74) is 0. The topological polar surface area (TPSA) is 50.9 Å². The van der Waals surface area contributed by atoms with Gasteiger partial charge in [0.25, 0.3) is 0 Å². The van der Waals surface area contributed by atoms with Gasteiger partial charge in [0.2, 0.25) is 0 Å². The molecule has 0 aliphatic heterocycles. The van der Waals surface area contributed by atoms with E-state index in [2.05, 4.69) is 30.9 Å². The summed E-state index contributed by atoms with van der Waals surface area (Å²) < 4.78 is 1.91. The second kappa shape index (κ2) is 5.83. The molecule has 3 unspecified atom stereocenters. The second-order valence-electron chi connectivity index (χ2n) is 5.83. The Kier molecular flexibility index (Phi) is 4.38. The Bertz CT molecular complexity index is 375. The van der Waals surface area contributed by atoms with Crippen molar-refractivity contribution in [2.75, 3.05) is 0 Å². The summed E-state index contributed by atoms with van der Waals surface area (Å²) in [6.07, 6.45) is 6.82. The van der Waals surface area contributed by atoms with Crippen LogP contribution in [0.25, 0.3) is 0 Å². The largest absolute Gasteiger partial charge is 0.392 e. The van der Waals surface area contributed by atoms with Crippen LogP contribution in [0.15, 0.2) is 6.33 Å². The highest BCUT2D eigenvalue weighted by Gasteiger charge is 2.29. The molecule has 2 rings (SSSR count). The summed E-state index contributed by atoms with van der Waals surface area (Å²) in [5.74, 6) is 2.18. The molecule has 0 radical (unpaired) electrons. The van der Waals surface area contributed by atoms with Crippen LogP contribution in [0.1, 0.15) is 58.3 Å². The van der Waals surface area contributed by atoms with Gasteiger partial charge in [-0.15, -0.1) is 0 Å². The maximum absolute atomic E-state index is 10.4. The standard InChI is InChI=1S/C14H25N3O/c1-4-11-5-6-12(7-11)13(18)8-14-15-9-16-17(14)10(2)3/h9-13,18H,4-8H2,1-3H3. The summed E-state index contributed by atoms with van der Waals surface area (Å²) in [6.45, 7) is 6.43. The smallest absolute Gasteiger partial charge is 0.138 e. The summed E-state index contributed by atoms with van der Waals surface area (Å²) in [4.78, 5) is 4.28. The van der Waals surface area contributed by atoms with Crippen LogP contribution in [0.3, 0.4) is 0 Å². The monoisotopic (exact) mass is 251 g/mol. The molecular formula is C14H25N3O. The fraction of sp³-hybridized carbons (Fsp3) is 0.857. The van der Waals surface area contributed by atoms with Crippen molar-refractivity contribution in [2.24, 2.45) is 11.8 Å². The lowest BCUT2D eigenvalue weighted by atomic mass is 9.95. The van der Waals surface area contributed by atoms with Crippen molar-refractivity contribution in [3.8, 4) is 0 Å².